The van der Waals surface area contributed by atoms with E-state index in [0.717, 1.165) is 12.3 Å². The Morgan fingerprint density at radius 2 is 1.44 bits per heavy atom. The van der Waals surface area contributed by atoms with E-state index in [0.29, 0.717) is 12.5 Å². The molecule has 2 atom stereocenters. The van der Waals surface area contributed by atoms with Crippen LogP contribution in [-0.4, -0.2) is 6.54 Å². The van der Waals surface area contributed by atoms with Crippen molar-refractivity contribution in [1.82, 2.24) is 0 Å². The molecule has 0 aromatic heterocycles. The zero-order valence-electron chi connectivity index (χ0n) is 11.4. The van der Waals surface area contributed by atoms with Crippen LogP contribution in [0.2, 0.25) is 0 Å². The van der Waals surface area contributed by atoms with E-state index >= 15 is 0 Å². The number of nitroso groups, excluding NO2 is 1. The van der Waals surface area contributed by atoms with Crippen LogP contribution in [0.25, 0.3) is 0 Å². The van der Waals surface area contributed by atoms with Gasteiger partial charge in [-0.1, -0.05) is 70.9 Å². The van der Waals surface area contributed by atoms with Crippen LogP contribution in [-0.2, 0) is 0 Å². The average Bonchev–Trinajstić information content (AvgIpc) is 2.26. The van der Waals surface area contributed by atoms with Gasteiger partial charge in [-0.25, -0.2) is 0 Å². The van der Waals surface area contributed by atoms with Crippen molar-refractivity contribution in [2.45, 2.75) is 72.1 Å². The van der Waals surface area contributed by atoms with Crippen LogP contribution >= 0.6 is 0 Å². The summed E-state index contributed by atoms with van der Waals surface area (Å²) in [6.07, 6.45) is 10.4. The van der Waals surface area contributed by atoms with Gasteiger partial charge in [0, 0.05) is 0 Å². The van der Waals surface area contributed by atoms with Gasteiger partial charge in [0.2, 0.25) is 0 Å². The Labute approximate surface area is 101 Å². The lowest BCUT2D eigenvalue weighted by atomic mass is 9.93. The van der Waals surface area contributed by atoms with E-state index in [1.54, 1.807) is 0 Å². The zero-order valence-corrected chi connectivity index (χ0v) is 11.4. The average molecular weight is 227 g/mol. The Morgan fingerprint density at radius 3 is 2.00 bits per heavy atom. The highest BCUT2D eigenvalue weighted by Gasteiger charge is 2.05. The van der Waals surface area contributed by atoms with Crippen molar-refractivity contribution in [1.29, 1.82) is 0 Å². The summed E-state index contributed by atoms with van der Waals surface area (Å²) in [4.78, 5) is 9.99. The van der Waals surface area contributed by atoms with Gasteiger partial charge in [0.15, 0.2) is 0 Å². The van der Waals surface area contributed by atoms with Gasteiger partial charge in [-0.15, -0.1) is 0 Å². The van der Waals surface area contributed by atoms with Crippen molar-refractivity contribution in [2.75, 3.05) is 6.54 Å². The quantitative estimate of drug-likeness (QED) is 0.354. The van der Waals surface area contributed by atoms with Crippen molar-refractivity contribution in [3.63, 3.8) is 0 Å². The minimum Gasteiger partial charge on any atom is -0.151 e. The second kappa shape index (κ2) is 11.1. The van der Waals surface area contributed by atoms with Crippen molar-refractivity contribution >= 4 is 0 Å². The molecule has 0 aromatic carbocycles. The van der Waals surface area contributed by atoms with Gasteiger partial charge in [0.1, 0.15) is 0 Å². The molecule has 0 N–H and O–H groups in total. The first-order valence-corrected chi connectivity index (χ1v) is 6.99. The number of hydrogen-bond acceptors (Lipinski definition) is 2. The smallest absolute Gasteiger partial charge is 0.0813 e. The molecule has 2 unspecified atom stereocenters. The largest absolute Gasteiger partial charge is 0.151 e. The molecule has 0 aromatic rings. The molecule has 0 heterocycles. The molecule has 0 bridgehead atoms. The standard InChI is InChI=1S/C14H29NO/c1-4-5-6-8-13(2)9-7-10-14(3)11-12-15-16/h13-14H,4-12H2,1-3H3. The number of hydrogen-bond donors (Lipinski definition) is 0. The predicted octanol–water partition coefficient (Wildman–Crippen LogP) is 5.17. The first-order valence-electron chi connectivity index (χ1n) is 6.99. The van der Waals surface area contributed by atoms with Gasteiger partial charge >= 0.3 is 0 Å². The summed E-state index contributed by atoms with van der Waals surface area (Å²) in [5.41, 5.74) is 0. The zero-order chi connectivity index (χ0) is 12.2. The lowest BCUT2D eigenvalue weighted by Crippen LogP contribution is -2.00. The third kappa shape index (κ3) is 10.1. The Balaban J connectivity index is 3.31. The normalized spacial score (nSPS) is 14.7. The van der Waals surface area contributed by atoms with Gasteiger partial charge in [-0.3, -0.25) is 0 Å². The first kappa shape index (κ1) is 15.6. The van der Waals surface area contributed by atoms with E-state index in [2.05, 4.69) is 25.9 Å². The minimum absolute atomic E-state index is 0.493. The fraction of sp³-hybridized carbons (Fsp3) is 1.00. The van der Waals surface area contributed by atoms with Crippen LogP contribution in [0.5, 0.6) is 0 Å². The van der Waals surface area contributed by atoms with E-state index in [-0.39, 0.29) is 0 Å². The Hall–Kier alpha value is -0.400. The fourth-order valence-corrected chi connectivity index (χ4v) is 2.12. The Kier molecular flexibility index (Phi) is 10.8. The highest BCUT2D eigenvalue weighted by Crippen LogP contribution is 2.19. The van der Waals surface area contributed by atoms with Crippen LogP contribution in [0, 0.1) is 16.7 Å². The maximum absolute atomic E-state index is 9.99. The SMILES string of the molecule is CCCCCC(C)CCCC(C)CCN=O. The Bertz CT molecular complexity index is 159. The molecule has 0 spiro atoms. The molecule has 0 radical (unpaired) electrons. The second-order valence-corrected chi connectivity index (χ2v) is 5.28. The maximum Gasteiger partial charge on any atom is 0.0813 e. The molecular formula is C14H29NO. The van der Waals surface area contributed by atoms with E-state index in [9.17, 15) is 4.91 Å². The van der Waals surface area contributed by atoms with Crippen LogP contribution < -0.4 is 0 Å². The molecule has 0 aliphatic rings. The molecule has 0 aliphatic heterocycles. The summed E-state index contributed by atoms with van der Waals surface area (Å²) in [5.74, 6) is 1.54. The summed E-state index contributed by atoms with van der Waals surface area (Å²) in [6.45, 7) is 7.35. The van der Waals surface area contributed by atoms with Gasteiger partial charge < -0.3 is 0 Å². The molecule has 0 amide bonds. The van der Waals surface area contributed by atoms with Gasteiger partial charge in [-0.2, -0.15) is 4.91 Å². The van der Waals surface area contributed by atoms with E-state index in [4.69, 9.17) is 0 Å². The summed E-state index contributed by atoms with van der Waals surface area (Å²) in [5, 5.41) is 2.92. The van der Waals surface area contributed by atoms with Crippen molar-refractivity contribution in [3.05, 3.63) is 4.91 Å². The van der Waals surface area contributed by atoms with Gasteiger partial charge in [0.25, 0.3) is 0 Å². The minimum atomic E-state index is 0.493. The molecule has 0 saturated heterocycles. The lowest BCUT2D eigenvalue weighted by Gasteiger charge is -2.13. The van der Waals surface area contributed by atoms with Crippen molar-refractivity contribution < 1.29 is 0 Å². The molecule has 0 rings (SSSR count). The molecule has 96 valence electrons. The summed E-state index contributed by atoms with van der Waals surface area (Å²) >= 11 is 0. The van der Waals surface area contributed by atoms with E-state index < -0.39 is 0 Å². The van der Waals surface area contributed by atoms with Crippen LogP contribution in [0.3, 0.4) is 0 Å². The van der Waals surface area contributed by atoms with Crippen LogP contribution in [0.4, 0.5) is 0 Å². The third-order valence-corrected chi connectivity index (χ3v) is 3.41. The molecule has 0 saturated carbocycles. The molecular weight excluding hydrogens is 198 g/mol. The summed E-state index contributed by atoms with van der Waals surface area (Å²) < 4.78 is 0. The molecule has 16 heavy (non-hydrogen) atoms. The number of rotatable bonds is 11. The van der Waals surface area contributed by atoms with Crippen molar-refractivity contribution in [3.8, 4) is 0 Å². The van der Waals surface area contributed by atoms with Crippen molar-refractivity contribution in [2.24, 2.45) is 17.0 Å². The Morgan fingerprint density at radius 1 is 0.875 bits per heavy atom. The van der Waals surface area contributed by atoms with E-state index in [1.165, 1.54) is 44.9 Å². The lowest BCUT2D eigenvalue weighted by molar-refractivity contribution is 0.404. The molecule has 0 fully saturated rings. The fourth-order valence-electron chi connectivity index (χ4n) is 2.12. The monoisotopic (exact) mass is 227 g/mol. The molecule has 2 nitrogen and oxygen atoms in total. The summed E-state index contributed by atoms with van der Waals surface area (Å²) in [7, 11) is 0. The highest BCUT2D eigenvalue weighted by molar-refractivity contribution is 4.59. The van der Waals surface area contributed by atoms with Crippen LogP contribution in [0.1, 0.15) is 72.1 Å². The van der Waals surface area contributed by atoms with Crippen LogP contribution in [0.15, 0.2) is 5.18 Å². The third-order valence-electron chi connectivity index (χ3n) is 3.41. The number of nitrogens with zero attached hydrogens (tertiary/aromatic N) is 1. The topological polar surface area (TPSA) is 29.4 Å². The molecule has 2 heteroatoms. The van der Waals surface area contributed by atoms with E-state index in [1.807, 2.05) is 0 Å². The maximum atomic E-state index is 9.99. The highest BCUT2D eigenvalue weighted by atomic mass is 16.3. The van der Waals surface area contributed by atoms with Gasteiger partial charge in [-0.05, 0) is 18.3 Å². The summed E-state index contributed by atoms with van der Waals surface area (Å²) in [6, 6.07) is 0. The molecule has 0 aliphatic carbocycles. The predicted molar refractivity (Wildman–Crippen MR) is 71.6 cm³/mol. The van der Waals surface area contributed by atoms with Gasteiger partial charge in [0.05, 0.1) is 6.54 Å². The number of unbranched alkanes of at least 4 members (excludes halogenated alkanes) is 2. The second-order valence-electron chi connectivity index (χ2n) is 5.28. The first-order chi connectivity index (χ1) is 7.70.